The number of anilines is 3. The van der Waals surface area contributed by atoms with Gasteiger partial charge in [0.2, 0.25) is 0 Å². The minimum atomic E-state index is -0.544. The highest BCUT2D eigenvalue weighted by atomic mass is 16.6. The number of hydrogen-bond acceptors (Lipinski definition) is 6. The Morgan fingerprint density at radius 2 is 1.72 bits per heavy atom. The second kappa shape index (κ2) is 10.6. The van der Waals surface area contributed by atoms with Crippen LogP contribution in [0, 0.1) is 10.1 Å². The predicted octanol–water partition coefficient (Wildman–Crippen LogP) is 4.11. The van der Waals surface area contributed by atoms with Gasteiger partial charge in [0.05, 0.1) is 4.92 Å². The Balaban J connectivity index is 1.72. The standard InChI is InChI=1S/C23H22N4O5/c1-2-24-22(28)15-32-19-10-6-9-18(14-19)26-23(29)16-11-12-20(21(13-16)27(30)31)25-17-7-4-3-5-8-17/h3-14,25H,2,15H2,1H3,(H,24,28)(H,26,29). The highest BCUT2D eigenvalue weighted by molar-refractivity contribution is 6.05. The minimum Gasteiger partial charge on any atom is -0.484 e. The highest BCUT2D eigenvalue weighted by Gasteiger charge is 2.18. The molecule has 0 saturated heterocycles. The monoisotopic (exact) mass is 434 g/mol. The molecule has 0 heterocycles. The van der Waals surface area contributed by atoms with Gasteiger partial charge in [-0.15, -0.1) is 0 Å². The molecule has 0 bridgehead atoms. The zero-order valence-corrected chi connectivity index (χ0v) is 17.3. The molecule has 9 nitrogen and oxygen atoms in total. The van der Waals surface area contributed by atoms with E-state index in [9.17, 15) is 19.7 Å². The third kappa shape index (κ3) is 6.05. The number of benzene rings is 3. The van der Waals surface area contributed by atoms with Gasteiger partial charge in [-0.1, -0.05) is 24.3 Å². The summed E-state index contributed by atoms with van der Waals surface area (Å²) in [5.41, 5.74) is 1.30. The number of nitro benzene ring substituents is 1. The zero-order chi connectivity index (χ0) is 22.9. The first-order valence-corrected chi connectivity index (χ1v) is 9.87. The molecule has 2 amide bonds. The Morgan fingerprint density at radius 3 is 2.44 bits per heavy atom. The van der Waals surface area contributed by atoms with Crippen LogP contribution in [0.25, 0.3) is 0 Å². The van der Waals surface area contributed by atoms with Crippen LogP contribution in [0.4, 0.5) is 22.7 Å². The molecule has 0 aromatic heterocycles. The van der Waals surface area contributed by atoms with Crippen molar-refractivity contribution in [2.24, 2.45) is 0 Å². The molecule has 164 valence electrons. The van der Waals surface area contributed by atoms with Crippen molar-refractivity contribution in [1.82, 2.24) is 5.32 Å². The van der Waals surface area contributed by atoms with Crippen LogP contribution in [0.5, 0.6) is 5.75 Å². The fourth-order valence-corrected chi connectivity index (χ4v) is 2.87. The SMILES string of the molecule is CCNC(=O)COc1cccc(NC(=O)c2ccc(Nc3ccccc3)c([N+](=O)[O-])c2)c1. The molecule has 0 atom stereocenters. The van der Waals surface area contributed by atoms with Crippen LogP contribution in [-0.4, -0.2) is 29.9 Å². The topological polar surface area (TPSA) is 123 Å². The van der Waals surface area contributed by atoms with Crippen molar-refractivity contribution in [2.45, 2.75) is 6.92 Å². The summed E-state index contributed by atoms with van der Waals surface area (Å²) in [7, 11) is 0. The van der Waals surface area contributed by atoms with Crippen molar-refractivity contribution in [1.29, 1.82) is 0 Å². The molecule has 32 heavy (non-hydrogen) atoms. The molecule has 0 saturated carbocycles. The summed E-state index contributed by atoms with van der Waals surface area (Å²) >= 11 is 0. The molecule has 0 radical (unpaired) electrons. The molecule has 9 heteroatoms. The lowest BCUT2D eigenvalue weighted by molar-refractivity contribution is -0.383. The maximum Gasteiger partial charge on any atom is 0.293 e. The van der Waals surface area contributed by atoms with E-state index >= 15 is 0 Å². The number of ether oxygens (including phenoxy) is 1. The Bertz CT molecular complexity index is 1120. The predicted molar refractivity (Wildman–Crippen MR) is 121 cm³/mol. The van der Waals surface area contributed by atoms with Crippen molar-refractivity contribution in [2.75, 3.05) is 23.8 Å². The summed E-state index contributed by atoms with van der Waals surface area (Å²) in [6.45, 7) is 2.17. The van der Waals surface area contributed by atoms with Crippen LogP contribution in [0.3, 0.4) is 0 Å². The van der Waals surface area contributed by atoms with Crippen molar-refractivity contribution in [3.63, 3.8) is 0 Å². The Kier molecular flexibility index (Phi) is 7.37. The fraction of sp³-hybridized carbons (Fsp3) is 0.130. The molecule has 0 spiro atoms. The van der Waals surface area contributed by atoms with Gasteiger partial charge >= 0.3 is 0 Å². The van der Waals surface area contributed by atoms with Gasteiger partial charge in [0, 0.05) is 35.6 Å². The third-order valence-electron chi connectivity index (χ3n) is 4.35. The van der Waals surface area contributed by atoms with Crippen LogP contribution in [0.15, 0.2) is 72.8 Å². The highest BCUT2D eigenvalue weighted by Crippen LogP contribution is 2.29. The van der Waals surface area contributed by atoms with Gasteiger partial charge in [-0.3, -0.25) is 19.7 Å². The maximum atomic E-state index is 12.7. The zero-order valence-electron chi connectivity index (χ0n) is 17.3. The first-order valence-electron chi connectivity index (χ1n) is 9.87. The molecule has 3 N–H and O–H groups in total. The lowest BCUT2D eigenvalue weighted by Gasteiger charge is -2.11. The largest absolute Gasteiger partial charge is 0.484 e. The summed E-state index contributed by atoms with van der Waals surface area (Å²) in [4.78, 5) is 35.2. The number of amides is 2. The second-order valence-electron chi connectivity index (χ2n) is 6.70. The minimum absolute atomic E-state index is 0.129. The van der Waals surface area contributed by atoms with Gasteiger partial charge in [0.1, 0.15) is 11.4 Å². The fourth-order valence-electron chi connectivity index (χ4n) is 2.87. The Hall–Kier alpha value is -4.40. The Labute approximate surface area is 184 Å². The number of hydrogen-bond donors (Lipinski definition) is 3. The van der Waals surface area contributed by atoms with Crippen LogP contribution in [0.1, 0.15) is 17.3 Å². The molecular formula is C23H22N4O5. The number of nitrogens with one attached hydrogen (secondary N) is 3. The van der Waals surface area contributed by atoms with Crippen LogP contribution in [-0.2, 0) is 4.79 Å². The van der Waals surface area contributed by atoms with E-state index in [4.69, 9.17) is 4.74 Å². The molecular weight excluding hydrogens is 412 g/mol. The smallest absolute Gasteiger partial charge is 0.293 e. The van der Waals surface area contributed by atoms with E-state index in [0.29, 0.717) is 23.7 Å². The van der Waals surface area contributed by atoms with Crippen LogP contribution < -0.4 is 20.7 Å². The van der Waals surface area contributed by atoms with Crippen LogP contribution in [0.2, 0.25) is 0 Å². The number of carbonyl (C=O) groups is 2. The average molecular weight is 434 g/mol. The van der Waals surface area contributed by atoms with Crippen LogP contribution >= 0.6 is 0 Å². The first-order chi connectivity index (χ1) is 15.5. The third-order valence-corrected chi connectivity index (χ3v) is 4.35. The molecule has 0 aliphatic rings. The summed E-state index contributed by atoms with van der Waals surface area (Å²) in [5.74, 6) is -0.360. The van der Waals surface area contributed by atoms with E-state index in [1.54, 1.807) is 36.4 Å². The van der Waals surface area contributed by atoms with Gasteiger partial charge < -0.3 is 20.7 Å². The van der Waals surface area contributed by atoms with Crippen molar-refractivity contribution in [3.05, 3.63) is 88.5 Å². The van der Waals surface area contributed by atoms with E-state index in [0.717, 1.165) is 0 Å². The first kappa shape index (κ1) is 22.3. The number of carbonyl (C=O) groups excluding carboxylic acids is 2. The van der Waals surface area contributed by atoms with Gasteiger partial charge in [0.15, 0.2) is 6.61 Å². The van der Waals surface area contributed by atoms with E-state index in [-0.39, 0.29) is 29.5 Å². The lowest BCUT2D eigenvalue weighted by atomic mass is 10.1. The molecule has 3 rings (SSSR count). The van der Waals surface area contributed by atoms with Gasteiger partial charge in [-0.05, 0) is 43.3 Å². The normalized spacial score (nSPS) is 10.2. The van der Waals surface area contributed by atoms with Crippen molar-refractivity contribution in [3.8, 4) is 5.75 Å². The van der Waals surface area contributed by atoms with E-state index in [1.807, 2.05) is 25.1 Å². The van der Waals surface area contributed by atoms with E-state index in [2.05, 4.69) is 16.0 Å². The molecule has 0 fully saturated rings. The number of nitrogens with zero attached hydrogens (tertiary/aromatic N) is 1. The number of nitro groups is 1. The molecule has 0 aliphatic heterocycles. The average Bonchev–Trinajstić information content (AvgIpc) is 2.79. The van der Waals surface area contributed by atoms with Gasteiger partial charge in [-0.2, -0.15) is 0 Å². The summed E-state index contributed by atoms with van der Waals surface area (Å²) < 4.78 is 5.41. The number of rotatable bonds is 9. The van der Waals surface area contributed by atoms with Gasteiger partial charge in [0.25, 0.3) is 17.5 Å². The maximum absolute atomic E-state index is 12.7. The summed E-state index contributed by atoms with van der Waals surface area (Å²) in [6.07, 6.45) is 0. The Morgan fingerprint density at radius 1 is 0.969 bits per heavy atom. The molecule has 0 aliphatic carbocycles. The van der Waals surface area contributed by atoms with Crippen molar-refractivity contribution < 1.29 is 19.2 Å². The van der Waals surface area contributed by atoms with Gasteiger partial charge in [-0.25, -0.2) is 0 Å². The van der Waals surface area contributed by atoms with Crippen molar-refractivity contribution >= 4 is 34.6 Å². The number of para-hydroxylation sites is 1. The summed E-state index contributed by atoms with van der Waals surface area (Å²) in [6, 6.07) is 19.8. The second-order valence-corrected chi connectivity index (χ2v) is 6.70. The molecule has 3 aromatic rings. The van der Waals surface area contributed by atoms with E-state index in [1.165, 1.54) is 18.2 Å². The molecule has 3 aromatic carbocycles. The number of likely N-dealkylation sites (N-methyl/N-ethyl adjacent to an activating group) is 1. The quantitative estimate of drug-likeness (QED) is 0.344. The summed E-state index contributed by atoms with van der Waals surface area (Å²) in [5, 5.41) is 19.8. The van der Waals surface area contributed by atoms with E-state index < -0.39 is 10.8 Å². The molecule has 0 unspecified atom stereocenters. The lowest BCUT2D eigenvalue weighted by Crippen LogP contribution is -2.28.